The fraction of sp³-hybridized carbons (Fsp3) is 0.278. The summed E-state index contributed by atoms with van der Waals surface area (Å²) in [6, 6.07) is 15.5. The number of phenolic OH excluding ortho intramolecular Hbond substituents is 1. The maximum absolute atomic E-state index is 12.5. The Morgan fingerprint density at radius 2 is 1.95 bits per heavy atom. The van der Waals surface area contributed by atoms with Crippen molar-refractivity contribution in [1.29, 1.82) is 0 Å². The standard InChI is InChI=1S/C18H19NO2/c1-13-7-8-15(11-17(13)20)18(21)19-10-9-16(12-19)14-5-3-2-4-6-14/h2-8,11,16,20H,9-10,12H2,1H3. The third-order valence-corrected chi connectivity index (χ3v) is 4.20. The molecule has 1 heterocycles. The van der Waals surface area contributed by atoms with Gasteiger partial charge in [0.25, 0.3) is 5.91 Å². The van der Waals surface area contributed by atoms with E-state index in [1.165, 1.54) is 5.56 Å². The number of aromatic hydroxyl groups is 1. The third kappa shape index (κ3) is 2.77. The largest absolute Gasteiger partial charge is 0.508 e. The van der Waals surface area contributed by atoms with Gasteiger partial charge in [0.1, 0.15) is 5.75 Å². The number of rotatable bonds is 2. The monoisotopic (exact) mass is 281 g/mol. The first-order chi connectivity index (χ1) is 10.1. The molecule has 2 aromatic carbocycles. The van der Waals surface area contributed by atoms with Gasteiger partial charge in [0.05, 0.1) is 0 Å². The first-order valence-electron chi connectivity index (χ1n) is 7.29. The van der Waals surface area contributed by atoms with Gasteiger partial charge in [0.2, 0.25) is 0 Å². The Hall–Kier alpha value is -2.29. The molecule has 0 bridgehead atoms. The molecule has 0 spiro atoms. The van der Waals surface area contributed by atoms with Crippen molar-refractivity contribution in [1.82, 2.24) is 4.90 Å². The van der Waals surface area contributed by atoms with Crippen LogP contribution in [0.2, 0.25) is 0 Å². The summed E-state index contributed by atoms with van der Waals surface area (Å²) in [7, 11) is 0. The van der Waals surface area contributed by atoms with Gasteiger partial charge in [-0.2, -0.15) is 0 Å². The van der Waals surface area contributed by atoms with Gasteiger partial charge in [0, 0.05) is 24.6 Å². The van der Waals surface area contributed by atoms with Crippen molar-refractivity contribution in [3.8, 4) is 5.75 Å². The van der Waals surface area contributed by atoms with Crippen LogP contribution in [-0.2, 0) is 0 Å². The Morgan fingerprint density at radius 3 is 2.67 bits per heavy atom. The number of carbonyl (C=O) groups is 1. The Morgan fingerprint density at radius 1 is 1.19 bits per heavy atom. The molecular weight excluding hydrogens is 262 g/mol. The van der Waals surface area contributed by atoms with Crippen molar-refractivity contribution < 1.29 is 9.90 Å². The average Bonchev–Trinajstić information content (AvgIpc) is 3.00. The van der Waals surface area contributed by atoms with Crippen LogP contribution in [0.25, 0.3) is 0 Å². The van der Waals surface area contributed by atoms with E-state index in [0.29, 0.717) is 11.5 Å². The molecule has 1 atom stereocenters. The maximum Gasteiger partial charge on any atom is 0.254 e. The van der Waals surface area contributed by atoms with E-state index in [-0.39, 0.29) is 11.7 Å². The van der Waals surface area contributed by atoms with Crippen LogP contribution < -0.4 is 0 Å². The fourth-order valence-corrected chi connectivity index (χ4v) is 2.87. The number of hydrogen-bond donors (Lipinski definition) is 1. The van der Waals surface area contributed by atoms with Crippen LogP contribution in [0.5, 0.6) is 5.75 Å². The number of phenols is 1. The van der Waals surface area contributed by atoms with Crippen molar-refractivity contribution >= 4 is 5.91 Å². The van der Waals surface area contributed by atoms with Crippen LogP contribution in [-0.4, -0.2) is 29.0 Å². The second-order valence-corrected chi connectivity index (χ2v) is 5.65. The second kappa shape index (κ2) is 5.60. The lowest BCUT2D eigenvalue weighted by atomic mass is 9.99. The topological polar surface area (TPSA) is 40.5 Å². The van der Waals surface area contributed by atoms with Crippen LogP contribution in [0.3, 0.4) is 0 Å². The quantitative estimate of drug-likeness (QED) is 0.917. The summed E-state index contributed by atoms with van der Waals surface area (Å²) in [5.41, 5.74) is 2.64. The van der Waals surface area contributed by atoms with Crippen molar-refractivity contribution in [2.75, 3.05) is 13.1 Å². The predicted molar refractivity (Wildman–Crippen MR) is 82.5 cm³/mol. The molecule has 0 saturated carbocycles. The smallest absolute Gasteiger partial charge is 0.254 e. The van der Waals surface area contributed by atoms with Gasteiger partial charge in [-0.05, 0) is 36.6 Å². The number of hydrogen-bond acceptors (Lipinski definition) is 2. The van der Waals surface area contributed by atoms with Crippen molar-refractivity contribution in [2.45, 2.75) is 19.3 Å². The number of aryl methyl sites for hydroxylation is 1. The van der Waals surface area contributed by atoms with Gasteiger partial charge in [-0.25, -0.2) is 0 Å². The number of likely N-dealkylation sites (tertiary alicyclic amines) is 1. The number of nitrogens with zero attached hydrogens (tertiary/aromatic N) is 1. The molecule has 0 aliphatic carbocycles. The zero-order valence-electron chi connectivity index (χ0n) is 12.1. The van der Waals surface area contributed by atoms with E-state index in [0.717, 1.165) is 25.1 Å². The minimum Gasteiger partial charge on any atom is -0.508 e. The molecule has 1 aliphatic rings. The Balaban J connectivity index is 1.74. The molecule has 3 nitrogen and oxygen atoms in total. The molecule has 1 fully saturated rings. The molecule has 1 amide bonds. The summed E-state index contributed by atoms with van der Waals surface area (Å²) in [6.45, 7) is 3.34. The van der Waals surface area contributed by atoms with E-state index in [2.05, 4.69) is 12.1 Å². The number of amides is 1. The van der Waals surface area contributed by atoms with Gasteiger partial charge in [-0.1, -0.05) is 36.4 Å². The number of carbonyl (C=O) groups excluding carboxylic acids is 1. The lowest BCUT2D eigenvalue weighted by Crippen LogP contribution is -2.28. The van der Waals surface area contributed by atoms with E-state index in [1.54, 1.807) is 18.2 Å². The second-order valence-electron chi connectivity index (χ2n) is 5.65. The van der Waals surface area contributed by atoms with Crippen LogP contribution in [0.4, 0.5) is 0 Å². The highest BCUT2D eigenvalue weighted by molar-refractivity contribution is 5.95. The molecular formula is C18H19NO2. The van der Waals surface area contributed by atoms with Crippen LogP contribution >= 0.6 is 0 Å². The van der Waals surface area contributed by atoms with Crippen LogP contribution in [0.1, 0.15) is 33.8 Å². The molecule has 2 aromatic rings. The van der Waals surface area contributed by atoms with Crippen molar-refractivity contribution in [2.24, 2.45) is 0 Å². The average molecular weight is 281 g/mol. The first kappa shape index (κ1) is 13.7. The molecule has 0 aromatic heterocycles. The van der Waals surface area contributed by atoms with E-state index >= 15 is 0 Å². The Kier molecular flexibility index (Phi) is 3.65. The summed E-state index contributed by atoms with van der Waals surface area (Å²) in [6.07, 6.45) is 0.994. The summed E-state index contributed by atoms with van der Waals surface area (Å²) in [4.78, 5) is 14.4. The van der Waals surface area contributed by atoms with Gasteiger partial charge < -0.3 is 10.0 Å². The molecule has 1 aliphatic heterocycles. The molecule has 0 radical (unpaired) electrons. The SMILES string of the molecule is Cc1ccc(C(=O)N2CCC(c3ccccc3)C2)cc1O. The van der Waals surface area contributed by atoms with E-state index < -0.39 is 0 Å². The molecule has 3 heteroatoms. The first-order valence-corrected chi connectivity index (χ1v) is 7.29. The predicted octanol–water partition coefficient (Wildman–Crippen LogP) is 3.33. The Bertz CT molecular complexity index is 652. The summed E-state index contributed by atoms with van der Waals surface area (Å²) in [5.74, 6) is 0.595. The molecule has 3 rings (SSSR count). The van der Waals surface area contributed by atoms with E-state index in [9.17, 15) is 9.90 Å². The van der Waals surface area contributed by atoms with Gasteiger partial charge in [0.15, 0.2) is 0 Å². The van der Waals surface area contributed by atoms with E-state index in [4.69, 9.17) is 0 Å². The van der Waals surface area contributed by atoms with Crippen molar-refractivity contribution in [3.05, 3.63) is 65.2 Å². The lowest BCUT2D eigenvalue weighted by Gasteiger charge is -2.17. The van der Waals surface area contributed by atoms with Gasteiger partial charge in [-0.3, -0.25) is 4.79 Å². The zero-order chi connectivity index (χ0) is 14.8. The third-order valence-electron chi connectivity index (χ3n) is 4.20. The highest BCUT2D eigenvalue weighted by Gasteiger charge is 2.27. The van der Waals surface area contributed by atoms with Gasteiger partial charge >= 0.3 is 0 Å². The fourth-order valence-electron chi connectivity index (χ4n) is 2.87. The lowest BCUT2D eigenvalue weighted by molar-refractivity contribution is 0.0790. The minimum atomic E-state index is 0.00345. The van der Waals surface area contributed by atoms with Crippen molar-refractivity contribution in [3.63, 3.8) is 0 Å². The van der Waals surface area contributed by atoms with Crippen LogP contribution in [0, 0.1) is 6.92 Å². The highest BCUT2D eigenvalue weighted by atomic mass is 16.3. The molecule has 21 heavy (non-hydrogen) atoms. The normalized spacial score (nSPS) is 18.0. The summed E-state index contributed by atoms with van der Waals surface area (Å²) in [5, 5.41) is 9.75. The molecule has 1 N–H and O–H groups in total. The van der Waals surface area contributed by atoms with E-state index in [1.807, 2.05) is 30.0 Å². The maximum atomic E-state index is 12.5. The van der Waals surface area contributed by atoms with Gasteiger partial charge in [-0.15, -0.1) is 0 Å². The molecule has 1 saturated heterocycles. The molecule has 108 valence electrons. The Labute approximate surface area is 124 Å². The highest BCUT2D eigenvalue weighted by Crippen LogP contribution is 2.28. The minimum absolute atomic E-state index is 0.00345. The van der Waals surface area contributed by atoms with Crippen LogP contribution in [0.15, 0.2) is 48.5 Å². The molecule has 1 unspecified atom stereocenters. The summed E-state index contributed by atoms with van der Waals surface area (Å²) >= 11 is 0. The zero-order valence-corrected chi connectivity index (χ0v) is 12.1. The number of benzene rings is 2. The summed E-state index contributed by atoms with van der Waals surface area (Å²) < 4.78 is 0.